The molecule has 5 N–H and O–H groups in total. The van der Waals surface area contributed by atoms with Gasteiger partial charge in [0.15, 0.2) is 11.6 Å². The van der Waals surface area contributed by atoms with Crippen molar-refractivity contribution in [3.63, 3.8) is 0 Å². The molecule has 5 rings (SSSR count). The zero-order valence-corrected chi connectivity index (χ0v) is 20.8. The van der Waals surface area contributed by atoms with Crippen molar-refractivity contribution in [3.05, 3.63) is 35.0 Å². The molecular weight excluding hydrogens is 458 g/mol. The number of nitrogens with zero attached hydrogens (tertiary/aromatic N) is 5. The number of primary amides is 1. The number of nitrogens with one attached hydrogen (secondary N) is 3. The SMILES string of the molecule is CCn1nc(C)cc1-c1n[nH]c(-c2cc(C(N)=O)cc(NCC3CCN3C3CCOCC3)c2C=N)n1. The summed E-state index contributed by atoms with van der Waals surface area (Å²) < 4.78 is 7.36. The second-order valence-corrected chi connectivity index (χ2v) is 9.39. The summed E-state index contributed by atoms with van der Waals surface area (Å²) in [6.07, 6.45) is 4.52. The predicted molar refractivity (Wildman–Crippen MR) is 137 cm³/mol. The highest BCUT2D eigenvalue weighted by Crippen LogP contribution is 2.31. The highest BCUT2D eigenvalue weighted by Gasteiger charge is 2.34. The molecular formula is C25H33N9O2. The molecule has 0 spiro atoms. The molecule has 4 heterocycles. The van der Waals surface area contributed by atoms with Gasteiger partial charge in [-0.3, -0.25) is 19.5 Å². The van der Waals surface area contributed by atoms with E-state index in [9.17, 15) is 4.79 Å². The van der Waals surface area contributed by atoms with E-state index in [1.165, 1.54) is 6.21 Å². The summed E-state index contributed by atoms with van der Waals surface area (Å²) in [6.45, 7) is 8.08. The van der Waals surface area contributed by atoms with Gasteiger partial charge in [-0.05, 0) is 51.3 Å². The van der Waals surface area contributed by atoms with Gasteiger partial charge >= 0.3 is 0 Å². The molecule has 1 aromatic carbocycles. The summed E-state index contributed by atoms with van der Waals surface area (Å²) in [4.78, 5) is 19.4. The number of ether oxygens (including phenoxy) is 1. The maximum absolute atomic E-state index is 12.2. The van der Waals surface area contributed by atoms with Crippen molar-refractivity contribution in [2.24, 2.45) is 5.73 Å². The molecule has 2 aliphatic rings. The van der Waals surface area contributed by atoms with Gasteiger partial charge in [0.1, 0.15) is 5.69 Å². The Morgan fingerprint density at radius 3 is 2.78 bits per heavy atom. The van der Waals surface area contributed by atoms with E-state index in [0.29, 0.717) is 52.7 Å². The van der Waals surface area contributed by atoms with Gasteiger partial charge in [-0.1, -0.05) is 0 Å². The Morgan fingerprint density at radius 2 is 2.11 bits per heavy atom. The Balaban J connectivity index is 1.43. The largest absolute Gasteiger partial charge is 0.383 e. The number of carbonyl (C=O) groups excluding carboxylic acids is 1. The average molecular weight is 492 g/mol. The first-order valence-corrected chi connectivity index (χ1v) is 12.5. The zero-order chi connectivity index (χ0) is 25.2. The molecule has 1 atom stereocenters. The third-order valence-corrected chi connectivity index (χ3v) is 7.16. The molecule has 11 nitrogen and oxygen atoms in total. The number of nitrogens with two attached hydrogens (primary N) is 1. The van der Waals surface area contributed by atoms with Gasteiger partial charge in [0.25, 0.3) is 0 Å². The van der Waals surface area contributed by atoms with E-state index in [0.717, 1.165) is 57.0 Å². The molecule has 0 bridgehead atoms. The van der Waals surface area contributed by atoms with Crippen LogP contribution in [0.3, 0.4) is 0 Å². The van der Waals surface area contributed by atoms with Crippen LogP contribution in [0.15, 0.2) is 18.2 Å². The monoisotopic (exact) mass is 491 g/mol. The number of H-pyrrole nitrogens is 1. The Kier molecular flexibility index (Phi) is 6.84. The molecule has 11 heteroatoms. The summed E-state index contributed by atoms with van der Waals surface area (Å²) in [5.41, 5.74) is 9.60. The van der Waals surface area contributed by atoms with Crippen molar-refractivity contribution in [1.82, 2.24) is 29.9 Å². The lowest BCUT2D eigenvalue weighted by atomic mass is 9.95. The highest BCUT2D eigenvalue weighted by atomic mass is 16.5. The Hall–Kier alpha value is -3.57. The third-order valence-electron chi connectivity index (χ3n) is 7.16. The maximum atomic E-state index is 12.2. The van der Waals surface area contributed by atoms with Crippen LogP contribution in [0.1, 0.15) is 47.8 Å². The number of aromatic amines is 1. The summed E-state index contributed by atoms with van der Waals surface area (Å²) in [7, 11) is 0. The van der Waals surface area contributed by atoms with Crippen LogP contribution in [0.4, 0.5) is 5.69 Å². The Bertz CT molecular complexity index is 1260. The van der Waals surface area contributed by atoms with Crippen LogP contribution >= 0.6 is 0 Å². The number of benzene rings is 1. The molecule has 1 amide bonds. The van der Waals surface area contributed by atoms with Crippen LogP contribution in [-0.4, -0.2) is 80.4 Å². The number of hydrogen-bond acceptors (Lipinski definition) is 8. The van der Waals surface area contributed by atoms with Crippen molar-refractivity contribution >= 4 is 17.8 Å². The van der Waals surface area contributed by atoms with Crippen molar-refractivity contribution in [3.8, 4) is 22.9 Å². The van der Waals surface area contributed by atoms with Crippen LogP contribution in [0.5, 0.6) is 0 Å². The Morgan fingerprint density at radius 1 is 1.31 bits per heavy atom. The Labute approximate surface area is 209 Å². The number of likely N-dealkylation sites (tertiary alicyclic amines) is 1. The number of aromatic nitrogens is 5. The quantitative estimate of drug-likeness (QED) is 0.336. The van der Waals surface area contributed by atoms with Crippen LogP contribution in [0, 0.1) is 12.3 Å². The summed E-state index contributed by atoms with van der Waals surface area (Å²) in [5, 5.41) is 23.5. The highest BCUT2D eigenvalue weighted by molar-refractivity contribution is 6.01. The van der Waals surface area contributed by atoms with Crippen molar-refractivity contribution in [2.45, 2.75) is 51.7 Å². The lowest BCUT2D eigenvalue weighted by Gasteiger charge is -2.47. The normalized spacial score (nSPS) is 18.7. The fourth-order valence-electron chi connectivity index (χ4n) is 5.16. The van der Waals surface area contributed by atoms with Gasteiger partial charge < -0.3 is 21.2 Å². The zero-order valence-electron chi connectivity index (χ0n) is 20.8. The topological polar surface area (TPSA) is 151 Å². The van der Waals surface area contributed by atoms with Gasteiger partial charge in [-0.2, -0.15) is 10.2 Å². The number of anilines is 1. The first kappa shape index (κ1) is 24.1. The van der Waals surface area contributed by atoms with Gasteiger partial charge in [-0.25, -0.2) is 4.98 Å². The van der Waals surface area contributed by atoms with E-state index in [2.05, 4.69) is 30.5 Å². The molecule has 36 heavy (non-hydrogen) atoms. The fourth-order valence-corrected chi connectivity index (χ4v) is 5.16. The molecule has 2 fully saturated rings. The molecule has 2 saturated heterocycles. The number of hydrogen-bond donors (Lipinski definition) is 4. The molecule has 3 aromatic rings. The van der Waals surface area contributed by atoms with E-state index in [-0.39, 0.29) is 0 Å². The number of aryl methyl sites for hydroxylation is 2. The van der Waals surface area contributed by atoms with Crippen LogP contribution in [-0.2, 0) is 11.3 Å². The van der Waals surface area contributed by atoms with Gasteiger partial charge in [0, 0.05) is 73.5 Å². The maximum Gasteiger partial charge on any atom is 0.248 e. The molecule has 0 aliphatic carbocycles. The standard InChI is InChI=1S/C25H33N9O2/c1-3-34-22(10-15(2)32-34)25-29-24(30-31-25)19-11-16(23(27)35)12-21(20(19)13-26)28-14-18-4-7-33(18)17-5-8-36-9-6-17/h10-13,17-18,26,28H,3-9,14H2,1-2H3,(H2,27,35)(H,29,30,31). The van der Waals surface area contributed by atoms with Gasteiger partial charge in [0.2, 0.25) is 5.91 Å². The summed E-state index contributed by atoms with van der Waals surface area (Å²) >= 11 is 0. The lowest BCUT2D eigenvalue weighted by Crippen LogP contribution is -2.57. The fraction of sp³-hybridized carbons (Fsp3) is 0.480. The van der Waals surface area contributed by atoms with Crippen LogP contribution in [0.2, 0.25) is 0 Å². The van der Waals surface area contributed by atoms with Crippen LogP contribution in [0.25, 0.3) is 22.9 Å². The van der Waals surface area contributed by atoms with Gasteiger partial charge in [0.05, 0.1) is 5.69 Å². The van der Waals surface area contributed by atoms with Crippen LogP contribution < -0.4 is 11.1 Å². The van der Waals surface area contributed by atoms with E-state index in [1.54, 1.807) is 12.1 Å². The minimum atomic E-state index is -0.539. The van der Waals surface area contributed by atoms with Crippen molar-refractivity contribution < 1.29 is 9.53 Å². The predicted octanol–water partition coefficient (Wildman–Crippen LogP) is 2.43. The first-order chi connectivity index (χ1) is 17.5. The molecule has 1 unspecified atom stereocenters. The van der Waals surface area contributed by atoms with E-state index in [4.69, 9.17) is 15.9 Å². The lowest BCUT2D eigenvalue weighted by molar-refractivity contribution is -0.0189. The number of amides is 1. The number of carbonyl (C=O) groups is 1. The molecule has 0 radical (unpaired) electrons. The van der Waals surface area contributed by atoms with E-state index < -0.39 is 5.91 Å². The number of rotatable bonds is 9. The van der Waals surface area contributed by atoms with Crippen molar-refractivity contribution in [1.29, 1.82) is 5.41 Å². The van der Waals surface area contributed by atoms with Crippen molar-refractivity contribution in [2.75, 3.05) is 31.6 Å². The first-order valence-electron chi connectivity index (χ1n) is 12.5. The second-order valence-electron chi connectivity index (χ2n) is 9.39. The van der Waals surface area contributed by atoms with E-state index in [1.807, 2.05) is 24.6 Å². The smallest absolute Gasteiger partial charge is 0.248 e. The second kappa shape index (κ2) is 10.2. The average Bonchev–Trinajstić information content (AvgIpc) is 3.50. The van der Waals surface area contributed by atoms with E-state index >= 15 is 0 Å². The minimum Gasteiger partial charge on any atom is -0.383 e. The summed E-state index contributed by atoms with van der Waals surface area (Å²) in [6, 6.07) is 6.28. The molecule has 2 aromatic heterocycles. The molecule has 190 valence electrons. The van der Waals surface area contributed by atoms with Gasteiger partial charge in [-0.15, -0.1) is 0 Å². The summed E-state index contributed by atoms with van der Waals surface area (Å²) in [5.74, 6) is 0.426. The minimum absolute atomic E-state index is 0.348. The third kappa shape index (κ3) is 4.63. The molecule has 2 aliphatic heterocycles. The molecule has 0 saturated carbocycles.